The van der Waals surface area contributed by atoms with E-state index < -0.39 is 17.9 Å². The first-order valence-corrected chi connectivity index (χ1v) is 11.9. The van der Waals surface area contributed by atoms with Crippen molar-refractivity contribution < 1.29 is 23.5 Å². The third-order valence-electron chi connectivity index (χ3n) is 5.72. The summed E-state index contributed by atoms with van der Waals surface area (Å²) in [6, 6.07) is 10.9. The Morgan fingerprint density at radius 3 is 2.63 bits per heavy atom. The average molecular weight is 511 g/mol. The van der Waals surface area contributed by atoms with Crippen molar-refractivity contribution in [3.05, 3.63) is 85.2 Å². The Kier molecular flexibility index (Phi) is 5.82. The molecule has 1 aliphatic heterocycles. The summed E-state index contributed by atoms with van der Waals surface area (Å²) in [4.78, 5) is 45.9. The summed E-state index contributed by atoms with van der Waals surface area (Å²) in [6.45, 7) is 3.59. The van der Waals surface area contributed by atoms with Gasteiger partial charge in [-0.2, -0.15) is 0 Å². The molecule has 1 atom stereocenters. The maximum Gasteiger partial charge on any atom is 0.350 e. The standard InChI is InChI=1S/C25H19ClN2O6S/c1-4-33-24(31)22-12(2)27-25(35-22)28-19(13-5-8-15(32-3)9-6-13)18-20(29)16-11-14(26)7-10-17(16)34-21(18)23(28)30/h5-11,19H,4H2,1-3H3. The van der Waals surface area contributed by atoms with E-state index in [-0.39, 0.29) is 44.3 Å². The highest BCUT2D eigenvalue weighted by molar-refractivity contribution is 7.17. The minimum atomic E-state index is -0.830. The van der Waals surface area contributed by atoms with Gasteiger partial charge in [0.05, 0.1) is 36.4 Å². The summed E-state index contributed by atoms with van der Waals surface area (Å²) in [5.41, 5.74) is 1.15. The van der Waals surface area contributed by atoms with Gasteiger partial charge in [0, 0.05) is 5.02 Å². The van der Waals surface area contributed by atoms with Gasteiger partial charge in [0.2, 0.25) is 5.76 Å². The molecule has 0 N–H and O–H groups in total. The highest BCUT2D eigenvalue weighted by Gasteiger charge is 2.45. The predicted molar refractivity (Wildman–Crippen MR) is 132 cm³/mol. The third kappa shape index (κ3) is 3.77. The van der Waals surface area contributed by atoms with Gasteiger partial charge in [0.15, 0.2) is 10.6 Å². The SMILES string of the molecule is CCOC(=O)c1sc(N2C(=O)c3oc4ccc(Cl)cc4c(=O)c3C2c2ccc(OC)cc2)nc1C. The first kappa shape index (κ1) is 23.1. The number of nitrogens with zero attached hydrogens (tertiary/aromatic N) is 2. The van der Waals surface area contributed by atoms with E-state index >= 15 is 0 Å². The van der Waals surface area contributed by atoms with Crippen LogP contribution in [-0.2, 0) is 4.74 Å². The summed E-state index contributed by atoms with van der Waals surface area (Å²) in [5.74, 6) is -0.500. The summed E-state index contributed by atoms with van der Waals surface area (Å²) in [5, 5.41) is 0.901. The van der Waals surface area contributed by atoms with E-state index in [2.05, 4.69) is 4.98 Å². The predicted octanol–water partition coefficient (Wildman–Crippen LogP) is 5.15. The molecule has 0 saturated carbocycles. The molecule has 0 radical (unpaired) electrons. The van der Waals surface area contributed by atoms with Crippen LogP contribution in [0.25, 0.3) is 11.0 Å². The van der Waals surface area contributed by atoms with Crippen LogP contribution in [0.2, 0.25) is 5.02 Å². The van der Waals surface area contributed by atoms with E-state index in [4.69, 9.17) is 25.5 Å². The molecule has 0 aliphatic carbocycles. The van der Waals surface area contributed by atoms with Gasteiger partial charge < -0.3 is 13.9 Å². The second-order valence-corrected chi connectivity index (χ2v) is 9.21. The number of methoxy groups -OCH3 is 1. The van der Waals surface area contributed by atoms with Crippen LogP contribution in [-0.4, -0.2) is 30.6 Å². The Morgan fingerprint density at radius 2 is 1.94 bits per heavy atom. The van der Waals surface area contributed by atoms with E-state index in [0.29, 0.717) is 22.0 Å². The van der Waals surface area contributed by atoms with E-state index in [9.17, 15) is 14.4 Å². The monoisotopic (exact) mass is 510 g/mol. The summed E-state index contributed by atoms with van der Waals surface area (Å²) < 4.78 is 16.3. The quantitative estimate of drug-likeness (QED) is 0.342. The van der Waals surface area contributed by atoms with Crippen LogP contribution in [0, 0.1) is 6.92 Å². The molecule has 0 spiro atoms. The lowest BCUT2D eigenvalue weighted by molar-refractivity contribution is 0.0531. The number of hydrogen-bond acceptors (Lipinski definition) is 8. The number of thiazole rings is 1. The highest BCUT2D eigenvalue weighted by Crippen LogP contribution is 2.43. The fraction of sp³-hybridized carbons (Fsp3) is 0.200. The molecule has 0 saturated heterocycles. The Bertz CT molecular complexity index is 1540. The molecule has 4 aromatic rings. The average Bonchev–Trinajstić information content (AvgIpc) is 3.37. The maximum absolute atomic E-state index is 13.7. The lowest BCUT2D eigenvalue weighted by Crippen LogP contribution is -2.29. The molecule has 2 aromatic carbocycles. The Hall–Kier alpha value is -3.69. The highest BCUT2D eigenvalue weighted by atomic mass is 35.5. The van der Waals surface area contributed by atoms with Crippen molar-refractivity contribution in [1.29, 1.82) is 0 Å². The third-order valence-corrected chi connectivity index (χ3v) is 7.09. The second kappa shape index (κ2) is 8.83. The minimum Gasteiger partial charge on any atom is -0.497 e. The normalized spacial score (nSPS) is 14.9. The molecule has 1 unspecified atom stereocenters. The number of esters is 1. The van der Waals surface area contributed by atoms with Gasteiger partial charge in [-0.05, 0) is 49.7 Å². The second-order valence-electron chi connectivity index (χ2n) is 7.80. The van der Waals surface area contributed by atoms with Crippen molar-refractivity contribution in [2.75, 3.05) is 18.6 Å². The molecule has 1 aliphatic rings. The van der Waals surface area contributed by atoms with Crippen LogP contribution in [0.4, 0.5) is 5.13 Å². The molecule has 35 heavy (non-hydrogen) atoms. The van der Waals surface area contributed by atoms with Gasteiger partial charge in [-0.25, -0.2) is 9.78 Å². The smallest absolute Gasteiger partial charge is 0.350 e. The number of anilines is 1. The summed E-state index contributed by atoms with van der Waals surface area (Å²) in [6.07, 6.45) is 0. The van der Waals surface area contributed by atoms with Crippen molar-refractivity contribution in [3.63, 3.8) is 0 Å². The number of aromatic nitrogens is 1. The van der Waals surface area contributed by atoms with Crippen LogP contribution in [0.15, 0.2) is 51.7 Å². The zero-order chi connectivity index (χ0) is 24.9. The molecule has 5 rings (SSSR count). The largest absolute Gasteiger partial charge is 0.497 e. The van der Waals surface area contributed by atoms with Gasteiger partial charge in [-0.15, -0.1) is 0 Å². The molecule has 3 heterocycles. The number of fused-ring (bicyclic) bond motifs is 2. The molecule has 0 bridgehead atoms. The molecule has 1 amide bonds. The zero-order valence-electron chi connectivity index (χ0n) is 19.0. The first-order chi connectivity index (χ1) is 16.8. The van der Waals surface area contributed by atoms with E-state index in [1.165, 1.54) is 11.0 Å². The van der Waals surface area contributed by atoms with E-state index in [1.54, 1.807) is 57.4 Å². The van der Waals surface area contributed by atoms with Crippen LogP contribution in [0.3, 0.4) is 0 Å². The zero-order valence-corrected chi connectivity index (χ0v) is 20.5. The Balaban J connectivity index is 1.74. The van der Waals surface area contributed by atoms with Gasteiger partial charge in [0.25, 0.3) is 5.91 Å². The number of hydrogen-bond donors (Lipinski definition) is 0. The number of ether oxygens (including phenoxy) is 2. The number of carbonyl (C=O) groups is 2. The van der Waals surface area contributed by atoms with Crippen LogP contribution in [0.1, 0.15) is 50.0 Å². The Morgan fingerprint density at radius 1 is 1.20 bits per heavy atom. The lowest BCUT2D eigenvalue weighted by atomic mass is 9.98. The number of carbonyl (C=O) groups excluding carboxylic acids is 2. The first-order valence-electron chi connectivity index (χ1n) is 10.7. The molecule has 2 aromatic heterocycles. The summed E-state index contributed by atoms with van der Waals surface area (Å²) in [7, 11) is 1.55. The van der Waals surface area contributed by atoms with E-state index in [1.807, 2.05) is 0 Å². The molecule has 0 fully saturated rings. The van der Waals surface area contributed by atoms with Gasteiger partial charge in [-0.1, -0.05) is 35.1 Å². The minimum absolute atomic E-state index is 0.0730. The molecular formula is C25H19ClN2O6S. The van der Waals surface area contributed by atoms with Crippen molar-refractivity contribution in [3.8, 4) is 5.75 Å². The van der Waals surface area contributed by atoms with Crippen molar-refractivity contribution >= 4 is 50.9 Å². The van der Waals surface area contributed by atoms with Crippen molar-refractivity contribution in [2.45, 2.75) is 19.9 Å². The molecular weight excluding hydrogens is 492 g/mol. The van der Waals surface area contributed by atoms with Crippen molar-refractivity contribution in [1.82, 2.24) is 4.98 Å². The number of rotatable bonds is 5. The fourth-order valence-electron chi connectivity index (χ4n) is 4.12. The van der Waals surface area contributed by atoms with Crippen LogP contribution in [0.5, 0.6) is 5.75 Å². The molecule has 178 valence electrons. The number of aryl methyl sites for hydroxylation is 1. The van der Waals surface area contributed by atoms with Crippen molar-refractivity contribution in [2.24, 2.45) is 0 Å². The Labute approximate surface area is 208 Å². The van der Waals surface area contributed by atoms with Gasteiger partial charge in [-0.3, -0.25) is 14.5 Å². The van der Waals surface area contributed by atoms with Crippen LogP contribution < -0.4 is 15.1 Å². The number of halogens is 1. The van der Waals surface area contributed by atoms with Gasteiger partial charge in [0.1, 0.15) is 16.2 Å². The van der Waals surface area contributed by atoms with Gasteiger partial charge >= 0.3 is 5.97 Å². The molecule has 10 heteroatoms. The topological polar surface area (TPSA) is 98.9 Å². The maximum atomic E-state index is 13.7. The molecule has 8 nitrogen and oxygen atoms in total. The number of benzene rings is 2. The van der Waals surface area contributed by atoms with Crippen LogP contribution >= 0.6 is 22.9 Å². The van der Waals surface area contributed by atoms with E-state index in [0.717, 1.165) is 11.3 Å². The number of amides is 1. The fourth-order valence-corrected chi connectivity index (χ4v) is 5.27. The lowest BCUT2D eigenvalue weighted by Gasteiger charge is -2.22. The summed E-state index contributed by atoms with van der Waals surface area (Å²) >= 11 is 7.16.